The molecule has 3 aromatic rings. The molecule has 1 aromatic carbocycles. The number of benzene rings is 1. The molecule has 0 radical (unpaired) electrons. The number of rotatable bonds is 5. The molecule has 2 N–H and O–H groups in total. The van der Waals surface area contributed by atoms with Crippen LogP contribution in [-0.4, -0.2) is 48.1 Å². The summed E-state index contributed by atoms with van der Waals surface area (Å²) in [5, 5.41) is 15.7. The van der Waals surface area contributed by atoms with E-state index in [2.05, 4.69) is 55.7 Å². The van der Waals surface area contributed by atoms with Crippen LogP contribution in [0.25, 0.3) is 0 Å². The molecule has 1 aliphatic carbocycles. The summed E-state index contributed by atoms with van der Waals surface area (Å²) in [5.74, 6) is 1.46. The Labute approximate surface area is 198 Å². The molecule has 2 aliphatic rings. The fraction of sp³-hybridized carbons (Fsp3) is 0.333. The molecule has 5 rings (SSSR count). The van der Waals surface area contributed by atoms with Crippen LogP contribution >= 0.6 is 0 Å². The smallest absolute Gasteiger partial charge is 0.229 e. The van der Waals surface area contributed by atoms with Crippen LogP contribution < -0.4 is 10.6 Å². The van der Waals surface area contributed by atoms with E-state index in [1.165, 1.54) is 41.8 Å². The van der Waals surface area contributed by atoms with Crippen molar-refractivity contribution in [3.63, 3.8) is 0 Å². The molecule has 3 heterocycles. The number of likely N-dealkylation sites (N-methyl/N-ethyl adjacent to an activating group) is 1. The van der Waals surface area contributed by atoms with Crippen LogP contribution in [0.1, 0.15) is 41.0 Å². The maximum Gasteiger partial charge on any atom is 0.229 e. The zero-order chi connectivity index (χ0) is 23.9. The topological polar surface area (TPSA) is 124 Å². The van der Waals surface area contributed by atoms with Crippen molar-refractivity contribution in [2.75, 3.05) is 30.5 Å². The quantitative estimate of drug-likeness (QED) is 0.570. The normalized spacial score (nSPS) is 17.5. The van der Waals surface area contributed by atoms with Crippen LogP contribution in [0, 0.1) is 11.3 Å². The van der Waals surface area contributed by atoms with Crippen molar-refractivity contribution in [2.24, 2.45) is 0 Å². The molecule has 1 unspecified atom stereocenters. The average molecular weight is 476 g/mol. The van der Waals surface area contributed by atoms with Crippen LogP contribution in [0.3, 0.4) is 0 Å². The lowest BCUT2D eigenvalue weighted by molar-refractivity contribution is 0.266. The number of nitrogens with one attached hydrogen (secondary N) is 2. The molecule has 0 fully saturated rings. The second-order valence-electron chi connectivity index (χ2n) is 8.94. The van der Waals surface area contributed by atoms with Gasteiger partial charge in [0.15, 0.2) is 20.7 Å². The van der Waals surface area contributed by atoms with Gasteiger partial charge in [0, 0.05) is 25.0 Å². The highest BCUT2D eigenvalue weighted by Gasteiger charge is 2.29. The van der Waals surface area contributed by atoms with E-state index in [1.54, 1.807) is 12.1 Å². The monoisotopic (exact) mass is 475 g/mol. The molecular formula is C24H25N7O2S. The number of hydrogen-bond acceptors (Lipinski definition) is 9. The van der Waals surface area contributed by atoms with E-state index in [4.69, 9.17) is 0 Å². The van der Waals surface area contributed by atoms with Gasteiger partial charge in [-0.05, 0) is 73.2 Å². The number of aryl methyl sites for hydroxylation is 1. The van der Waals surface area contributed by atoms with E-state index >= 15 is 0 Å². The minimum absolute atomic E-state index is 0.0605. The molecule has 1 atom stereocenters. The molecular weight excluding hydrogens is 450 g/mol. The van der Waals surface area contributed by atoms with Gasteiger partial charge >= 0.3 is 0 Å². The number of nitrogens with zero attached hydrogens (tertiary/aromatic N) is 5. The van der Waals surface area contributed by atoms with Crippen molar-refractivity contribution in [3.8, 4) is 6.07 Å². The average Bonchev–Trinajstić information content (AvgIpc) is 2.79. The molecule has 174 valence electrons. The Bertz CT molecular complexity index is 1420. The summed E-state index contributed by atoms with van der Waals surface area (Å²) in [7, 11) is -1.31. The Kier molecular flexibility index (Phi) is 5.67. The van der Waals surface area contributed by atoms with Gasteiger partial charge in [-0.15, -0.1) is 0 Å². The predicted octanol–water partition coefficient (Wildman–Crippen LogP) is 3.50. The van der Waals surface area contributed by atoms with E-state index in [0.29, 0.717) is 11.9 Å². The molecule has 0 bridgehead atoms. The first-order chi connectivity index (χ1) is 16.3. The van der Waals surface area contributed by atoms with E-state index in [-0.39, 0.29) is 22.2 Å². The van der Waals surface area contributed by atoms with Gasteiger partial charge < -0.3 is 15.5 Å². The van der Waals surface area contributed by atoms with Gasteiger partial charge in [-0.1, -0.05) is 6.07 Å². The number of nitriles is 1. The zero-order valence-electron chi connectivity index (χ0n) is 19.0. The first-order valence-electron chi connectivity index (χ1n) is 11.1. The number of sulfone groups is 1. The molecule has 0 saturated heterocycles. The first-order valence-corrected chi connectivity index (χ1v) is 13.0. The highest BCUT2D eigenvalue weighted by atomic mass is 32.2. The maximum atomic E-state index is 11.8. The van der Waals surface area contributed by atoms with Crippen LogP contribution in [0.2, 0.25) is 0 Å². The highest BCUT2D eigenvalue weighted by molar-refractivity contribution is 7.90. The highest BCUT2D eigenvalue weighted by Crippen LogP contribution is 2.40. The van der Waals surface area contributed by atoms with Crippen molar-refractivity contribution in [2.45, 2.75) is 36.8 Å². The summed E-state index contributed by atoms with van der Waals surface area (Å²) in [6.45, 7) is 2.02. The number of hydrogen-bond donors (Lipinski definition) is 2. The summed E-state index contributed by atoms with van der Waals surface area (Å²) < 4.78 is 23.7. The molecule has 34 heavy (non-hydrogen) atoms. The van der Waals surface area contributed by atoms with Crippen LogP contribution in [0.4, 0.5) is 23.3 Å². The molecule has 10 heteroatoms. The first kappa shape index (κ1) is 22.3. The van der Waals surface area contributed by atoms with Gasteiger partial charge in [0.2, 0.25) is 5.95 Å². The zero-order valence-corrected chi connectivity index (χ0v) is 19.9. The third-order valence-electron chi connectivity index (χ3n) is 6.25. The minimum atomic E-state index is -3.46. The SMILES string of the molecule is CN1Cc2cc(Nc3ncc(C#N)c(Nc4cccc(S(C)(=O)=O)n4)n3)cc3c2C(CCC3)C1. The molecule has 2 aromatic heterocycles. The molecule has 9 nitrogen and oxygen atoms in total. The third kappa shape index (κ3) is 4.44. The summed E-state index contributed by atoms with van der Waals surface area (Å²) in [6, 6.07) is 11.0. The Morgan fingerprint density at radius 3 is 2.79 bits per heavy atom. The lowest BCUT2D eigenvalue weighted by atomic mass is 9.77. The Morgan fingerprint density at radius 2 is 2.00 bits per heavy atom. The van der Waals surface area contributed by atoms with Crippen molar-refractivity contribution in [1.82, 2.24) is 19.9 Å². The Morgan fingerprint density at radius 1 is 1.18 bits per heavy atom. The van der Waals surface area contributed by atoms with Gasteiger partial charge in [0.25, 0.3) is 0 Å². The fourth-order valence-electron chi connectivity index (χ4n) is 4.87. The predicted molar refractivity (Wildman–Crippen MR) is 129 cm³/mol. The minimum Gasteiger partial charge on any atom is -0.324 e. The summed E-state index contributed by atoms with van der Waals surface area (Å²) in [5.41, 5.74) is 5.37. The molecule has 0 spiro atoms. The van der Waals surface area contributed by atoms with E-state index < -0.39 is 9.84 Å². The van der Waals surface area contributed by atoms with E-state index in [9.17, 15) is 13.7 Å². The number of pyridine rings is 1. The fourth-order valence-corrected chi connectivity index (χ4v) is 5.46. The second kappa shape index (κ2) is 8.66. The molecule has 0 saturated carbocycles. The Hall–Kier alpha value is -3.55. The van der Waals surface area contributed by atoms with Crippen molar-refractivity contribution < 1.29 is 8.42 Å². The lowest BCUT2D eigenvalue weighted by Gasteiger charge is -2.37. The lowest BCUT2D eigenvalue weighted by Crippen LogP contribution is -2.33. The second-order valence-corrected chi connectivity index (χ2v) is 10.9. The molecule has 0 amide bonds. The van der Waals surface area contributed by atoms with Gasteiger partial charge in [-0.25, -0.2) is 18.4 Å². The van der Waals surface area contributed by atoms with Crippen LogP contribution in [0.15, 0.2) is 41.6 Å². The van der Waals surface area contributed by atoms with Gasteiger partial charge in [-0.3, -0.25) is 0 Å². The van der Waals surface area contributed by atoms with Gasteiger partial charge in [0.05, 0.1) is 6.20 Å². The van der Waals surface area contributed by atoms with E-state index in [1.807, 2.05) is 0 Å². The largest absolute Gasteiger partial charge is 0.324 e. The summed E-state index contributed by atoms with van der Waals surface area (Å²) in [4.78, 5) is 15.3. The van der Waals surface area contributed by atoms with E-state index in [0.717, 1.165) is 31.5 Å². The third-order valence-corrected chi connectivity index (χ3v) is 7.23. The summed E-state index contributed by atoms with van der Waals surface area (Å²) >= 11 is 0. The standard InChI is InChI=1S/C24H25N7O2S/c1-31-13-16-6-3-5-15-9-19(10-17(14-31)22(15)16)27-24-26-12-18(11-25)23(30-24)29-20-7-4-8-21(28-20)34(2,32)33/h4,7-10,12,16H,3,5-6,13-14H2,1-2H3,(H2,26,27,28,29,30). The number of aromatic nitrogens is 3. The maximum absolute atomic E-state index is 11.8. The van der Waals surface area contributed by atoms with Crippen LogP contribution in [-0.2, 0) is 22.8 Å². The van der Waals surface area contributed by atoms with Gasteiger partial charge in [0.1, 0.15) is 17.5 Å². The summed E-state index contributed by atoms with van der Waals surface area (Å²) in [6.07, 6.45) is 6.03. The van der Waals surface area contributed by atoms with Gasteiger partial charge in [-0.2, -0.15) is 10.2 Å². The van der Waals surface area contributed by atoms with Crippen molar-refractivity contribution >= 4 is 33.1 Å². The molecule has 1 aliphatic heterocycles. The Balaban J connectivity index is 1.45. The van der Waals surface area contributed by atoms with Crippen molar-refractivity contribution in [3.05, 3.63) is 58.8 Å². The number of anilines is 4. The van der Waals surface area contributed by atoms with Crippen LogP contribution in [0.5, 0.6) is 0 Å². The van der Waals surface area contributed by atoms with Crippen molar-refractivity contribution in [1.29, 1.82) is 5.26 Å².